The molecule has 0 amide bonds. The van der Waals surface area contributed by atoms with Crippen LogP contribution in [-0.2, 0) is 24.2 Å². The van der Waals surface area contributed by atoms with E-state index < -0.39 is 27.5 Å². The molecule has 0 aliphatic carbocycles. The standard InChI is InChI=1S/C8H12O5S/c1-2-13-8(10)6-5-14(11,12)4-3-7(6)9/h6H,2-5H2,1H3. The quantitative estimate of drug-likeness (QED) is 0.465. The van der Waals surface area contributed by atoms with E-state index in [-0.39, 0.29) is 24.6 Å². The van der Waals surface area contributed by atoms with Crippen LogP contribution < -0.4 is 0 Å². The topological polar surface area (TPSA) is 77.5 Å². The van der Waals surface area contributed by atoms with Gasteiger partial charge in [0.25, 0.3) is 0 Å². The van der Waals surface area contributed by atoms with Gasteiger partial charge in [0, 0.05) is 6.42 Å². The van der Waals surface area contributed by atoms with Crippen LogP contribution in [0.25, 0.3) is 0 Å². The summed E-state index contributed by atoms with van der Waals surface area (Å²) in [5, 5.41) is 0. The predicted molar refractivity (Wildman–Crippen MR) is 48.4 cm³/mol. The number of hydrogen-bond donors (Lipinski definition) is 0. The lowest BCUT2D eigenvalue weighted by Crippen LogP contribution is -2.38. The molecule has 1 unspecified atom stereocenters. The lowest BCUT2D eigenvalue weighted by Gasteiger charge is -2.18. The first kappa shape index (κ1) is 11.2. The van der Waals surface area contributed by atoms with E-state index in [0.29, 0.717) is 0 Å². The van der Waals surface area contributed by atoms with Gasteiger partial charge in [0.15, 0.2) is 9.84 Å². The van der Waals surface area contributed by atoms with E-state index in [1.807, 2.05) is 0 Å². The Bertz CT molecular complexity index is 343. The lowest BCUT2D eigenvalue weighted by atomic mass is 10.0. The Kier molecular flexibility index (Phi) is 3.25. The van der Waals surface area contributed by atoms with Gasteiger partial charge in [-0.1, -0.05) is 0 Å². The average molecular weight is 220 g/mol. The maximum Gasteiger partial charge on any atom is 0.317 e. The summed E-state index contributed by atoms with van der Waals surface area (Å²) in [6.45, 7) is 1.77. The highest BCUT2D eigenvalue weighted by molar-refractivity contribution is 7.91. The molecule has 0 saturated carbocycles. The Balaban J connectivity index is 2.76. The SMILES string of the molecule is CCOC(=O)C1CS(=O)(=O)CCC1=O. The Hall–Kier alpha value is -0.910. The third-order valence-electron chi connectivity index (χ3n) is 2.04. The Morgan fingerprint density at radius 1 is 1.57 bits per heavy atom. The molecule has 1 aliphatic heterocycles. The summed E-state index contributed by atoms with van der Waals surface area (Å²) in [5.74, 6) is -2.71. The zero-order chi connectivity index (χ0) is 10.8. The average Bonchev–Trinajstić information content (AvgIpc) is 2.10. The molecule has 0 aromatic heterocycles. The van der Waals surface area contributed by atoms with Crippen molar-refractivity contribution in [3.8, 4) is 0 Å². The van der Waals surface area contributed by atoms with Crippen molar-refractivity contribution in [1.29, 1.82) is 0 Å². The number of Topliss-reactive ketones (excluding diaryl/α,β-unsaturated/α-hetero) is 1. The van der Waals surface area contributed by atoms with Crippen LogP contribution in [0.3, 0.4) is 0 Å². The van der Waals surface area contributed by atoms with Gasteiger partial charge < -0.3 is 4.74 Å². The smallest absolute Gasteiger partial charge is 0.317 e. The largest absolute Gasteiger partial charge is 0.465 e. The van der Waals surface area contributed by atoms with Crippen LogP contribution in [0.4, 0.5) is 0 Å². The molecule has 6 heteroatoms. The maximum atomic E-state index is 11.2. The summed E-state index contributed by atoms with van der Waals surface area (Å²) in [4.78, 5) is 22.4. The molecule has 0 spiro atoms. The number of rotatable bonds is 2. The number of sulfone groups is 1. The zero-order valence-corrected chi connectivity index (χ0v) is 8.67. The molecule has 80 valence electrons. The second-order valence-corrected chi connectivity index (χ2v) is 5.36. The van der Waals surface area contributed by atoms with Crippen LogP contribution in [0.2, 0.25) is 0 Å². The van der Waals surface area contributed by atoms with Crippen molar-refractivity contribution in [1.82, 2.24) is 0 Å². The van der Waals surface area contributed by atoms with Crippen LogP contribution in [0.1, 0.15) is 13.3 Å². The van der Waals surface area contributed by atoms with Crippen LogP contribution in [0.5, 0.6) is 0 Å². The second kappa shape index (κ2) is 4.08. The summed E-state index contributed by atoms with van der Waals surface area (Å²) in [5.41, 5.74) is 0. The third-order valence-corrected chi connectivity index (χ3v) is 3.71. The zero-order valence-electron chi connectivity index (χ0n) is 7.86. The van der Waals surface area contributed by atoms with E-state index in [4.69, 9.17) is 0 Å². The van der Waals surface area contributed by atoms with Crippen LogP contribution >= 0.6 is 0 Å². The van der Waals surface area contributed by atoms with Crippen molar-refractivity contribution in [3.63, 3.8) is 0 Å². The van der Waals surface area contributed by atoms with Gasteiger partial charge in [-0.05, 0) is 6.92 Å². The van der Waals surface area contributed by atoms with Gasteiger partial charge in [0.1, 0.15) is 11.7 Å². The number of ether oxygens (including phenoxy) is 1. The van der Waals surface area contributed by atoms with Crippen LogP contribution in [-0.4, -0.2) is 38.3 Å². The molecule has 1 atom stereocenters. The Morgan fingerprint density at radius 2 is 2.21 bits per heavy atom. The number of ketones is 1. The van der Waals surface area contributed by atoms with E-state index in [1.165, 1.54) is 0 Å². The van der Waals surface area contributed by atoms with Gasteiger partial charge in [-0.3, -0.25) is 9.59 Å². The van der Waals surface area contributed by atoms with Crippen LogP contribution in [0.15, 0.2) is 0 Å². The molecule has 1 fully saturated rings. The molecular formula is C8H12O5S. The Morgan fingerprint density at radius 3 is 2.79 bits per heavy atom. The van der Waals surface area contributed by atoms with Gasteiger partial charge in [-0.2, -0.15) is 0 Å². The number of carbonyl (C=O) groups is 2. The van der Waals surface area contributed by atoms with Gasteiger partial charge in [-0.15, -0.1) is 0 Å². The van der Waals surface area contributed by atoms with E-state index in [0.717, 1.165) is 0 Å². The van der Waals surface area contributed by atoms with Crippen molar-refractivity contribution in [2.45, 2.75) is 13.3 Å². The molecule has 0 N–H and O–H groups in total. The normalized spacial score (nSPS) is 25.8. The lowest BCUT2D eigenvalue weighted by molar-refractivity contribution is -0.150. The van der Waals surface area contributed by atoms with Crippen molar-refractivity contribution >= 4 is 21.6 Å². The fourth-order valence-electron chi connectivity index (χ4n) is 1.30. The summed E-state index contributed by atoms with van der Waals surface area (Å²) in [6, 6.07) is 0. The third kappa shape index (κ3) is 2.54. The molecule has 5 nitrogen and oxygen atoms in total. The molecule has 0 bridgehead atoms. The monoisotopic (exact) mass is 220 g/mol. The van der Waals surface area contributed by atoms with Gasteiger partial charge in [0.05, 0.1) is 18.1 Å². The molecule has 0 aromatic carbocycles. The maximum absolute atomic E-state index is 11.2. The molecule has 14 heavy (non-hydrogen) atoms. The summed E-state index contributed by atoms with van der Waals surface area (Å²) in [7, 11) is -3.25. The van der Waals surface area contributed by atoms with Gasteiger partial charge in [0.2, 0.25) is 0 Å². The highest BCUT2D eigenvalue weighted by Gasteiger charge is 2.37. The molecule has 1 aliphatic rings. The fourth-order valence-corrected chi connectivity index (χ4v) is 2.81. The summed E-state index contributed by atoms with van der Waals surface area (Å²) < 4.78 is 26.9. The first-order valence-corrected chi connectivity index (χ1v) is 6.18. The minimum absolute atomic E-state index is 0.0776. The number of esters is 1. The van der Waals surface area contributed by atoms with E-state index in [1.54, 1.807) is 6.92 Å². The summed E-state index contributed by atoms with van der Waals surface area (Å²) >= 11 is 0. The Labute approximate surface area is 82.4 Å². The van der Waals surface area contributed by atoms with E-state index in [2.05, 4.69) is 4.74 Å². The van der Waals surface area contributed by atoms with Crippen molar-refractivity contribution < 1.29 is 22.7 Å². The van der Waals surface area contributed by atoms with Crippen LogP contribution in [0, 0.1) is 5.92 Å². The molecule has 1 saturated heterocycles. The first-order chi connectivity index (χ1) is 6.46. The minimum atomic E-state index is -3.25. The first-order valence-electron chi connectivity index (χ1n) is 4.36. The summed E-state index contributed by atoms with van der Waals surface area (Å²) in [6.07, 6.45) is -0.0776. The fraction of sp³-hybridized carbons (Fsp3) is 0.750. The highest BCUT2D eigenvalue weighted by atomic mass is 32.2. The van der Waals surface area contributed by atoms with Gasteiger partial charge >= 0.3 is 5.97 Å². The van der Waals surface area contributed by atoms with E-state index >= 15 is 0 Å². The molecule has 1 rings (SSSR count). The highest BCUT2D eigenvalue weighted by Crippen LogP contribution is 2.16. The van der Waals surface area contributed by atoms with Crippen molar-refractivity contribution in [2.75, 3.05) is 18.1 Å². The molecule has 0 radical (unpaired) electrons. The number of carbonyl (C=O) groups excluding carboxylic acids is 2. The number of hydrogen-bond acceptors (Lipinski definition) is 5. The van der Waals surface area contributed by atoms with Crippen molar-refractivity contribution in [3.05, 3.63) is 0 Å². The minimum Gasteiger partial charge on any atom is -0.465 e. The van der Waals surface area contributed by atoms with Gasteiger partial charge in [-0.25, -0.2) is 8.42 Å². The molecular weight excluding hydrogens is 208 g/mol. The van der Waals surface area contributed by atoms with Crippen molar-refractivity contribution in [2.24, 2.45) is 5.92 Å². The second-order valence-electron chi connectivity index (χ2n) is 3.14. The predicted octanol–water partition coefficient (Wildman–Crippen LogP) is -0.447. The molecule has 1 heterocycles. The van der Waals surface area contributed by atoms with E-state index in [9.17, 15) is 18.0 Å². The molecule has 0 aromatic rings.